The SMILES string of the molecule is CCSc1ccccc1NC(=O)c1ccc([N+](=O)[O-])cc1Cl. The molecule has 1 N–H and O–H groups in total. The smallest absolute Gasteiger partial charge is 0.270 e. The first-order valence-corrected chi connectivity index (χ1v) is 7.86. The number of para-hydroxylation sites is 1. The number of non-ortho nitro benzene ring substituents is 1. The minimum Gasteiger partial charge on any atom is -0.321 e. The molecule has 0 saturated heterocycles. The zero-order valence-electron chi connectivity index (χ0n) is 11.7. The molecule has 0 unspecified atom stereocenters. The molecule has 5 nitrogen and oxygen atoms in total. The van der Waals surface area contributed by atoms with E-state index < -0.39 is 10.8 Å². The van der Waals surface area contributed by atoms with Gasteiger partial charge in [0.05, 0.1) is 21.2 Å². The van der Waals surface area contributed by atoms with Crippen LogP contribution in [0.2, 0.25) is 5.02 Å². The quantitative estimate of drug-likeness (QED) is 0.491. The van der Waals surface area contributed by atoms with Crippen LogP contribution in [0.5, 0.6) is 0 Å². The van der Waals surface area contributed by atoms with Crippen LogP contribution in [0.3, 0.4) is 0 Å². The second-order valence-corrected chi connectivity index (χ2v) is 6.02. The zero-order valence-corrected chi connectivity index (χ0v) is 13.3. The number of nitro benzene ring substituents is 1. The number of anilines is 1. The molecule has 2 aromatic carbocycles. The molecule has 0 heterocycles. The van der Waals surface area contributed by atoms with Gasteiger partial charge in [0.25, 0.3) is 11.6 Å². The first kappa shape index (κ1) is 16.3. The Hall–Kier alpha value is -2.05. The zero-order chi connectivity index (χ0) is 16.1. The van der Waals surface area contributed by atoms with Crippen molar-refractivity contribution in [2.24, 2.45) is 0 Å². The van der Waals surface area contributed by atoms with E-state index in [0.29, 0.717) is 5.69 Å². The van der Waals surface area contributed by atoms with Crippen LogP contribution in [0.25, 0.3) is 0 Å². The topological polar surface area (TPSA) is 72.2 Å². The van der Waals surface area contributed by atoms with E-state index >= 15 is 0 Å². The van der Waals surface area contributed by atoms with Gasteiger partial charge in [0.15, 0.2) is 0 Å². The van der Waals surface area contributed by atoms with Gasteiger partial charge in [0.1, 0.15) is 0 Å². The van der Waals surface area contributed by atoms with Gasteiger partial charge in [-0.1, -0.05) is 30.7 Å². The minimum absolute atomic E-state index is 0.0484. The monoisotopic (exact) mass is 336 g/mol. The van der Waals surface area contributed by atoms with Crippen molar-refractivity contribution in [2.45, 2.75) is 11.8 Å². The average molecular weight is 337 g/mol. The molecule has 0 saturated carbocycles. The van der Waals surface area contributed by atoms with Crippen molar-refractivity contribution in [3.8, 4) is 0 Å². The first-order valence-electron chi connectivity index (χ1n) is 6.50. The molecule has 0 aromatic heterocycles. The number of nitrogens with zero attached hydrogens (tertiary/aromatic N) is 1. The Bertz CT molecular complexity index is 722. The highest BCUT2D eigenvalue weighted by atomic mass is 35.5. The average Bonchev–Trinajstić information content (AvgIpc) is 2.49. The Morgan fingerprint density at radius 1 is 1.32 bits per heavy atom. The second kappa shape index (κ2) is 7.29. The lowest BCUT2D eigenvalue weighted by Crippen LogP contribution is -2.13. The minimum atomic E-state index is -0.555. The summed E-state index contributed by atoms with van der Waals surface area (Å²) in [5, 5.41) is 13.5. The third-order valence-corrected chi connectivity index (χ3v) is 4.11. The summed E-state index contributed by atoms with van der Waals surface area (Å²) in [6.07, 6.45) is 0. The number of amides is 1. The lowest BCUT2D eigenvalue weighted by molar-refractivity contribution is -0.384. The van der Waals surface area contributed by atoms with Gasteiger partial charge in [-0.15, -0.1) is 11.8 Å². The third-order valence-electron chi connectivity index (χ3n) is 2.84. The van der Waals surface area contributed by atoms with Crippen molar-refractivity contribution in [3.05, 3.63) is 63.2 Å². The van der Waals surface area contributed by atoms with E-state index in [1.165, 1.54) is 18.2 Å². The van der Waals surface area contributed by atoms with E-state index in [2.05, 4.69) is 5.32 Å². The molecule has 0 fully saturated rings. The van der Waals surface area contributed by atoms with Crippen molar-refractivity contribution in [1.82, 2.24) is 0 Å². The summed E-state index contributed by atoms with van der Waals surface area (Å²) in [6.45, 7) is 2.02. The van der Waals surface area contributed by atoms with Crippen LogP contribution in [0, 0.1) is 10.1 Å². The molecule has 0 bridgehead atoms. The summed E-state index contributed by atoms with van der Waals surface area (Å²) in [7, 11) is 0. The van der Waals surface area contributed by atoms with Gasteiger partial charge in [0, 0.05) is 17.0 Å². The van der Waals surface area contributed by atoms with E-state index in [1.54, 1.807) is 17.8 Å². The van der Waals surface area contributed by atoms with Gasteiger partial charge in [-0.05, 0) is 24.0 Å². The van der Waals surface area contributed by atoms with Crippen LogP contribution in [0.15, 0.2) is 47.4 Å². The summed E-state index contributed by atoms with van der Waals surface area (Å²) < 4.78 is 0. The fourth-order valence-corrected chi connectivity index (χ4v) is 2.86. The molecular formula is C15H13ClN2O3S. The van der Waals surface area contributed by atoms with Crippen LogP contribution in [-0.4, -0.2) is 16.6 Å². The Morgan fingerprint density at radius 2 is 2.05 bits per heavy atom. The molecule has 0 aliphatic carbocycles. The highest BCUT2D eigenvalue weighted by Crippen LogP contribution is 2.28. The molecule has 0 radical (unpaired) electrons. The fourth-order valence-electron chi connectivity index (χ4n) is 1.84. The fraction of sp³-hybridized carbons (Fsp3) is 0.133. The molecule has 0 aliphatic rings. The van der Waals surface area contributed by atoms with Gasteiger partial charge in [-0.3, -0.25) is 14.9 Å². The van der Waals surface area contributed by atoms with E-state index in [1.807, 2.05) is 25.1 Å². The largest absolute Gasteiger partial charge is 0.321 e. The van der Waals surface area contributed by atoms with E-state index in [-0.39, 0.29) is 16.3 Å². The number of hydrogen-bond acceptors (Lipinski definition) is 4. The van der Waals surface area contributed by atoms with Crippen LogP contribution >= 0.6 is 23.4 Å². The van der Waals surface area contributed by atoms with Gasteiger partial charge in [-0.25, -0.2) is 0 Å². The number of nitrogens with one attached hydrogen (secondary N) is 1. The van der Waals surface area contributed by atoms with Gasteiger partial charge >= 0.3 is 0 Å². The predicted octanol–water partition coefficient (Wildman–Crippen LogP) is 4.61. The first-order chi connectivity index (χ1) is 10.5. The molecule has 0 atom stereocenters. The standard InChI is InChI=1S/C15H13ClN2O3S/c1-2-22-14-6-4-3-5-13(14)17-15(19)11-8-7-10(18(20)21)9-12(11)16/h3-9H,2H2,1H3,(H,17,19). The van der Waals surface area contributed by atoms with Gasteiger partial charge < -0.3 is 5.32 Å². The van der Waals surface area contributed by atoms with Crippen molar-refractivity contribution < 1.29 is 9.72 Å². The Balaban J connectivity index is 2.25. The van der Waals surface area contributed by atoms with Gasteiger partial charge in [0.2, 0.25) is 0 Å². The van der Waals surface area contributed by atoms with Crippen molar-refractivity contribution >= 4 is 40.6 Å². The van der Waals surface area contributed by atoms with Crippen LogP contribution in [0.4, 0.5) is 11.4 Å². The van der Waals surface area contributed by atoms with Crippen molar-refractivity contribution in [2.75, 3.05) is 11.1 Å². The van der Waals surface area contributed by atoms with E-state index in [9.17, 15) is 14.9 Å². The molecule has 7 heteroatoms. The Morgan fingerprint density at radius 3 is 2.68 bits per heavy atom. The molecule has 0 aliphatic heterocycles. The number of carbonyl (C=O) groups is 1. The maximum Gasteiger partial charge on any atom is 0.270 e. The predicted molar refractivity (Wildman–Crippen MR) is 88.9 cm³/mol. The Kier molecular flexibility index (Phi) is 5.41. The Labute approximate surface area is 136 Å². The maximum atomic E-state index is 12.3. The summed E-state index contributed by atoms with van der Waals surface area (Å²) in [6, 6.07) is 11.2. The highest BCUT2D eigenvalue weighted by Gasteiger charge is 2.16. The van der Waals surface area contributed by atoms with Crippen LogP contribution in [0.1, 0.15) is 17.3 Å². The molecule has 2 aromatic rings. The maximum absolute atomic E-state index is 12.3. The van der Waals surface area contributed by atoms with E-state index in [0.717, 1.165) is 10.6 Å². The number of hydrogen-bond donors (Lipinski definition) is 1. The molecule has 0 spiro atoms. The third kappa shape index (κ3) is 3.78. The number of carbonyl (C=O) groups excluding carboxylic acids is 1. The number of rotatable bonds is 5. The number of benzene rings is 2. The number of halogens is 1. The van der Waals surface area contributed by atoms with Gasteiger partial charge in [-0.2, -0.15) is 0 Å². The van der Waals surface area contributed by atoms with Crippen molar-refractivity contribution in [3.63, 3.8) is 0 Å². The normalized spacial score (nSPS) is 10.3. The molecule has 1 amide bonds. The lowest BCUT2D eigenvalue weighted by atomic mass is 10.2. The molecule has 2 rings (SSSR count). The molecule has 114 valence electrons. The summed E-state index contributed by atoms with van der Waals surface area (Å²) in [5.74, 6) is 0.481. The number of nitro groups is 1. The second-order valence-electron chi connectivity index (χ2n) is 4.30. The summed E-state index contributed by atoms with van der Waals surface area (Å²) >= 11 is 7.58. The number of thioether (sulfide) groups is 1. The summed E-state index contributed by atoms with van der Waals surface area (Å²) in [5.41, 5.74) is 0.737. The van der Waals surface area contributed by atoms with E-state index in [4.69, 9.17) is 11.6 Å². The molecule has 22 heavy (non-hydrogen) atoms. The lowest BCUT2D eigenvalue weighted by Gasteiger charge is -2.10. The van der Waals surface area contributed by atoms with Crippen molar-refractivity contribution in [1.29, 1.82) is 0 Å². The van der Waals surface area contributed by atoms with Crippen LogP contribution in [-0.2, 0) is 0 Å². The molecular weight excluding hydrogens is 324 g/mol. The summed E-state index contributed by atoms with van der Waals surface area (Å²) in [4.78, 5) is 23.4. The van der Waals surface area contributed by atoms with Crippen LogP contribution < -0.4 is 5.32 Å². The highest BCUT2D eigenvalue weighted by molar-refractivity contribution is 7.99.